The van der Waals surface area contributed by atoms with Crippen LogP contribution in [-0.2, 0) is 6.42 Å². The van der Waals surface area contributed by atoms with Gasteiger partial charge in [0.05, 0.1) is 5.56 Å². The minimum atomic E-state index is -0.939. The van der Waals surface area contributed by atoms with Crippen molar-refractivity contribution in [3.8, 4) is 0 Å². The standard InChI is InChI=1S/C14H18N2O3/c1-14(7-8-14)16-13(19)15-9-6-10-4-2-3-5-11(10)12(17)18/h2-5H,6-9H2,1H3,(H,17,18)(H2,15,16,19). The lowest BCUT2D eigenvalue weighted by Gasteiger charge is -2.13. The van der Waals surface area contributed by atoms with E-state index in [2.05, 4.69) is 10.6 Å². The summed E-state index contributed by atoms with van der Waals surface area (Å²) in [6.45, 7) is 2.43. The summed E-state index contributed by atoms with van der Waals surface area (Å²) in [5.74, 6) is -0.939. The van der Waals surface area contributed by atoms with Gasteiger partial charge in [-0.15, -0.1) is 0 Å². The first kappa shape index (κ1) is 13.4. The number of carboxylic acid groups (broad SMARTS) is 1. The van der Waals surface area contributed by atoms with Crippen molar-refractivity contribution in [3.63, 3.8) is 0 Å². The molecule has 0 saturated heterocycles. The fourth-order valence-electron chi connectivity index (χ4n) is 1.89. The van der Waals surface area contributed by atoms with Gasteiger partial charge in [-0.3, -0.25) is 0 Å². The van der Waals surface area contributed by atoms with Crippen LogP contribution >= 0.6 is 0 Å². The number of amides is 2. The van der Waals surface area contributed by atoms with Gasteiger partial charge in [0.1, 0.15) is 0 Å². The maximum absolute atomic E-state index is 11.6. The highest BCUT2D eigenvalue weighted by atomic mass is 16.4. The Labute approximate surface area is 112 Å². The van der Waals surface area contributed by atoms with Crippen LogP contribution in [0.3, 0.4) is 0 Å². The summed E-state index contributed by atoms with van der Waals surface area (Å²) in [7, 11) is 0. The molecule has 5 nitrogen and oxygen atoms in total. The van der Waals surface area contributed by atoms with Crippen LogP contribution in [0.15, 0.2) is 24.3 Å². The summed E-state index contributed by atoms with van der Waals surface area (Å²) in [6.07, 6.45) is 2.54. The Balaban J connectivity index is 1.82. The van der Waals surface area contributed by atoms with Crippen molar-refractivity contribution in [2.45, 2.75) is 31.7 Å². The lowest BCUT2D eigenvalue weighted by atomic mass is 10.0. The first-order valence-corrected chi connectivity index (χ1v) is 6.37. The molecular formula is C14H18N2O3. The maximum atomic E-state index is 11.6. The predicted octanol–water partition coefficient (Wildman–Crippen LogP) is 1.78. The highest BCUT2D eigenvalue weighted by Crippen LogP contribution is 2.33. The molecule has 0 unspecified atom stereocenters. The highest BCUT2D eigenvalue weighted by Gasteiger charge is 2.38. The Morgan fingerprint density at radius 1 is 1.32 bits per heavy atom. The third kappa shape index (κ3) is 3.71. The number of carboxylic acids is 1. The number of carbonyl (C=O) groups excluding carboxylic acids is 1. The van der Waals surface area contributed by atoms with E-state index in [1.54, 1.807) is 24.3 Å². The van der Waals surface area contributed by atoms with Gasteiger partial charge in [-0.1, -0.05) is 18.2 Å². The molecule has 19 heavy (non-hydrogen) atoms. The van der Waals surface area contributed by atoms with Crippen molar-refractivity contribution in [2.75, 3.05) is 6.54 Å². The second-order valence-electron chi connectivity index (χ2n) is 5.15. The molecule has 1 aliphatic carbocycles. The number of carbonyl (C=O) groups is 2. The van der Waals surface area contributed by atoms with Crippen LogP contribution < -0.4 is 10.6 Å². The fourth-order valence-corrected chi connectivity index (χ4v) is 1.89. The van der Waals surface area contributed by atoms with E-state index in [9.17, 15) is 9.59 Å². The van der Waals surface area contributed by atoms with E-state index in [-0.39, 0.29) is 11.6 Å². The molecule has 1 aromatic rings. The van der Waals surface area contributed by atoms with Gasteiger partial charge in [-0.05, 0) is 37.8 Å². The van der Waals surface area contributed by atoms with E-state index in [1.165, 1.54) is 0 Å². The van der Waals surface area contributed by atoms with E-state index in [1.807, 2.05) is 6.92 Å². The second-order valence-corrected chi connectivity index (χ2v) is 5.15. The third-order valence-corrected chi connectivity index (χ3v) is 3.34. The van der Waals surface area contributed by atoms with Crippen LogP contribution in [-0.4, -0.2) is 29.2 Å². The number of hydrogen-bond donors (Lipinski definition) is 3. The molecule has 0 bridgehead atoms. The van der Waals surface area contributed by atoms with Gasteiger partial charge in [0.15, 0.2) is 0 Å². The smallest absolute Gasteiger partial charge is 0.335 e. The first-order valence-electron chi connectivity index (χ1n) is 6.37. The number of rotatable bonds is 5. The van der Waals surface area contributed by atoms with E-state index < -0.39 is 5.97 Å². The maximum Gasteiger partial charge on any atom is 0.335 e. The molecule has 2 rings (SSSR count). The Morgan fingerprint density at radius 3 is 2.63 bits per heavy atom. The van der Waals surface area contributed by atoms with Gasteiger partial charge in [-0.25, -0.2) is 9.59 Å². The SMILES string of the molecule is CC1(NC(=O)NCCc2ccccc2C(=O)O)CC1. The van der Waals surface area contributed by atoms with Gasteiger partial charge in [0, 0.05) is 12.1 Å². The van der Waals surface area contributed by atoms with Gasteiger partial charge >= 0.3 is 12.0 Å². The van der Waals surface area contributed by atoms with Crippen molar-refractivity contribution in [2.24, 2.45) is 0 Å². The van der Waals surface area contributed by atoms with Crippen LogP contribution in [0.4, 0.5) is 4.79 Å². The number of aromatic carboxylic acids is 1. The minimum Gasteiger partial charge on any atom is -0.478 e. The fraction of sp³-hybridized carbons (Fsp3) is 0.429. The van der Waals surface area contributed by atoms with Crippen LogP contribution in [0.1, 0.15) is 35.7 Å². The molecule has 0 radical (unpaired) electrons. The summed E-state index contributed by atoms with van der Waals surface area (Å²) in [6, 6.07) is 6.65. The molecule has 102 valence electrons. The molecule has 1 saturated carbocycles. The molecular weight excluding hydrogens is 244 g/mol. The number of hydrogen-bond acceptors (Lipinski definition) is 2. The number of nitrogens with one attached hydrogen (secondary N) is 2. The van der Waals surface area contributed by atoms with Gasteiger partial charge < -0.3 is 15.7 Å². The lowest BCUT2D eigenvalue weighted by molar-refractivity contribution is 0.0695. The van der Waals surface area contributed by atoms with Crippen molar-refractivity contribution in [1.29, 1.82) is 0 Å². The predicted molar refractivity (Wildman–Crippen MR) is 71.3 cm³/mol. The Bertz CT molecular complexity index is 495. The molecule has 0 atom stereocenters. The average Bonchev–Trinajstić information content (AvgIpc) is 3.07. The first-order chi connectivity index (χ1) is 9.00. The number of benzene rings is 1. The van der Waals surface area contributed by atoms with Crippen LogP contribution in [0.2, 0.25) is 0 Å². The molecule has 1 fully saturated rings. The Kier molecular flexibility index (Phi) is 3.74. The van der Waals surface area contributed by atoms with E-state index in [0.717, 1.165) is 18.4 Å². The van der Waals surface area contributed by atoms with Crippen molar-refractivity contribution in [3.05, 3.63) is 35.4 Å². The molecule has 5 heteroatoms. The normalized spacial score (nSPS) is 15.6. The molecule has 0 aliphatic heterocycles. The van der Waals surface area contributed by atoms with E-state index >= 15 is 0 Å². The van der Waals surface area contributed by atoms with Gasteiger partial charge in [0.2, 0.25) is 0 Å². The minimum absolute atomic E-state index is 0.0386. The Hall–Kier alpha value is -2.04. The molecule has 0 heterocycles. The monoisotopic (exact) mass is 262 g/mol. The zero-order valence-corrected chi connectivity index (χ0v) is 10.9. The van der Waals surface area contributed by atoms with E-state index in [0.29, 0.717) is 18.5 Å². The summed E-state index contributed by atoms with van der Waals surface area (Å²) in [5, 5.41) is 14.7. The molecule has 0 spiro atoms. The summed E-state index contributed by atoms with van der Waals surface area (Å²) in [4.78, 5) is 22.6. The third-order valence-electron chi connectivity index (χ3n) is 3.34. The zero-order valence-electron chi connectivity index (χ0n) is 10.9. The molecule has 3 N–H and O–H groups in total. The highest BCUT2D eigenvalue weighted by molar-refractivity contribution is 5.89. The second kappa shape index (κ2) is 5.30. The summed E-state index contributed by atoms with van der Waals surface area (Å²) < 4.78 is 0. The number of urea groups is 1. The van der Waals surface area contributed by atoms with Gasteiger partial charge in [-0.2, -0.15) is 0 Å². The lowest BCUT2D eigenvalue weighted by Crippen LogP contribution is -2.42. The Morgan fingerprint density at radius 2 is 2.00 bits per heavy atom. The van der Waals surface area contributed by atoms with Crippen LogP contribution in [0.25, 0.3) is 0 Å². The quantitative estimate of drug-likeness (QED) is 0.756. The average molecular weight is 262 g/mol. The summed E-state index contributed by atoms with van der Waals surface area (Å²) in [5.41, 5.74) is 0.982. The van der Waals surface area contributed by atoms with Crippen molar-refractivity contribution in [1.82, 2.24) is 10.6 Å². The molecule has 1 aromatic carbocycles. The van der Waals surface area contributed by atoms with Crippen LogP contribution in [0, 0.1) is 0 Å². The molecule has 1 aliphatic rings. The van der Waals surface area contributed by atoms with E-state index in [4.69, 9.17) is 5.11 Å². The van der Waals surface area contributed by atoms with Crippen molar-refractivity contribution < 1.29 is 14.7 Å². The molecule has 2 amide bonds. The summed E-state index contributed by atoms with van der Waals surface area (Å²) >= 11 is 0. The topological polar surface area (TPSA) is 78.4 Å². The largest absolute Gasteiger partial charge is 0.478 e. The van der Waals surface area contributed by atoms with Crippen molar-refractivity contribution >= 4 is 12.0 Å². The van der Waals surface area contributed by atoms with Gasteiger partial charge in [0.25, 0.3) is 0 Å². The zero-order chi connectivity index (χ0) is 13.9. The van der Waals surface area contributed by atoms with Crippen LogP contribution in [0.5, 0.6) is 0 Å². The molecule has 0 aromatic heterocycles.